The number of aromatic nitrogens is 2. The fourth-order valence-corrected chi connectivity index (χ4v) is 4.05. The summed E-state index contributed by atoms with van der Waals surface area (Å²) in [5.41, 5.74) is 2.88. The van der Waals surface area contributed by atoms with Crippen molar-refractivity contribution in [2.24, 2.45) is 0 Å². The zero-order chi connectivity index (χ0) is 23.7. The maximum Gasteiger partial charge on any atom is 0.342 e. The van der Waals surface area contributed by atoms with Crippen LogP contribution < -0.4 is 15.4 Å². The largest absolute Gasteiger partial charge is 0.507 e. The molecule has 5 rings (SSSR count). The molecule has 0 atom stereocenters. The highest BCUT2D eigenvalue weighted by Crippen LogP contribution is 2.39. The molecular weight excluding hydrogens is 432 g/mol. The third kappa shape index (κ3) is 4.62. The van der Waals surface area contributed by atoms with E-state index in [2.05, 4.69) is 15.7 Å². The molecule has 3 N–H and O–H groups in total. The van der Waals surface area contributed by atoms with Gasteiger partial charge in [-0.25, -0.2) is 4.79 Å². The molecule has 8 nitrogen and oxygen atoms in total. The average Bonchev–Trinajstić information content (AvgIpc) is 3.50. The van der Waals surface area contributed by atoms with E-state index in [1.54, 1.807) is 36.4 Å². The third-order valence-electron chi connectivity index (χ3n) is 6.32. The number of nitrogens with one attached hydrogen (secondary N) is 2. The summed E-state index contributed by atoms with van der Waals surface area (Å²) in [4.78, 5) is 25.3. The molecule has 2 fully saturated rings. The molecule has 0 saturated heterocycles. The van der Waals surface area contributed by atoms with Crippen LogP contribution in [0.25, 0.3) is 11.3 Å². The smallest absolute Gasteiger partial charge is 0.342 e. The number of carbonyl (C=O) groups excluding carboxylic acids is 2. The number of anilines is 1. The predicted molar refractivity (Wildman–Crippen MR) is 128 cm³/mol. The van der Waals surface area contributed by atoms with Crippen LogP contribution in [0.1, 0.15) is 61.0 Å². The molecule has 2 aliphatic carbocycles. The molecule has 1 aromatic heterocycles. The van der Waals surface area contributed by atoms with Crippen molar-refractivity contribution in [3.05, 3.63) is 59.8 Å². The minimum atomic E-state index is -0.288. The lowest BCUT2D eigenvalue weighted by atomic mass is 9.82. The van der Waals surface area contributed by atoms with Crippen molar-refractivity contribution in [2.75, 3.05) is 11.9 Å². The number of phenols is 1. The quantitative estimate of drug-likeness (QED) is 0.465. The zero-order valence-corrected chi connectivity index (χ0v) is 19.1. The topological polar surface area (TPSA) is 105 Å². The minimum Gasteiger partial charge on any atom is -0.507 e. The summed E-state index contributed by atoms with van der Waals surface area (Å²) < 4.78 is 6.86. The summed E-state index contributed by atoms with van der Waals surface area (Å²) >= 11 is 0. The molecule has 176 valence electrons. The Balaban J connectivity index is 1.34. The monoisotopic (exact) mass is 460 g/mol. The molecule has 0 bridgehead atoms. The van der Waals surface area contributed by atoms with Crippen LogP contribution in [0, 0.1) is 0 Å². The van der Waals surface area contributed by atoms with Crippen LogP contribution in [0.5, 0.6) is 11.5 Å². The van der Waals surface area contributed by atoms with Crippen LogP contribution >= 0.6 is 0 Å². The summed E-state index contributed by atoms with van der Waals surface area (Å²) in [6, 6.07) is 13.7. The van der Waals surface area contributed by atoms with Gasteiger partial charge in [0.1, 0.15) is 11.5 Å². The highest BCUT2D eigenvalue weighted by atomic mass is 16.5. The van der Waals surface area contributed by atoms with Gasteiger partial charge in [0.2, 0.25) is 0 Å². The lowest BCUT2D eigenvalue weighted by molar-refractivity contribution is 0.102. The Hall–Kier alpha value is -3.81. The molecule has 2 amide bonds. The second-order valence-electron chi connectivity index (χ2n) is 8.86. The van der Waals surface area contributed by atoms with Crippen molar-refractivity contribution in [3.8, 4) is 22.8 Å². The molecule has 0 spiro atoms. The Kier molecular flexibility index (Phi) is 5.96. The van der Waals surface area contributed by atoms with Gasteiger partial charge in [0.15, 0.2) is 0 Å². The molecule has 2 saturated carbocycles. The third-order valence-corrected chi connectivity index (χ3v) is 6.32. The molecule has 34 heavy (non-hydrogen) atoms. The number of hydrogen-bond acceptors (Lipinski definition) is 5. The number of phenolic OH excluding ortho intramolecular Hbond substituents is 1. The second kappa shape index (κ2) is 9.21. The number of nitrogens with zero attached hydrogens (tertiary/aromatic N) is 2. The van der Waals surface area contributed by atoms with E-state index in [1.165, 1.54) is 10.7 Å². The maximum absolute atomic E-state index is 12.7. The van der Waals surface area contributed by atoms with E-state index in [1.807, 2.05) is 13.0 Å². The van der Waals surface area contributed by atoms with Gasteiger partial charge in [0.25, 0.3) is 5.91 Å². The fourth-order valence-electron chi connectivity index (χ4n) is 4.05. The minimum absolute atomic E-state index is 0.0168. The van der Waals surface area contributed by atoms with Crippen molar-refractivity contribution < 1.29 is 19.4 Å². The van der Waals surface area contributed by atoms with Gasteiger partial charge >= 0.3 is 6.03 Å². The molecule has 8 heteroatoms. The SMILES string of the molecule is CCOc1ccc(C(=O)Nc2ccc(-c3cc(C4CCC4)n(C(=O)NC4CC4)n3)c(O)c2)cc1. The van der Waals surface area contributed by atoms with Gasteiger partial charge in [-0.2, -0.15) is 9.78 Å². The first kappa shape index (κ1) is 22.0. The van der Waals surface area contributed by atoms with Gasteiger partial charge < -0.3 is 20.5 Å². The summed E-state index contributed by atoms with van der Waals surface area (Å²) in [5, 5.41) is 21.0. The van der Waals surface area contributed by atoms with Crippen LogP contribution in [0.2, 0.25) is 0 Å². The Bertz CT molecular complexity index is 1210. The average molecular weight is 461 g/mol. The van der Waals surface area contributed by atoms with E-state index < -0.39 is 0 Å². The molecule has 0 unspecified atom stereocenters. The Labute approximate surface area is 197 Å². The van der Waals surface area contributed by atoms with Gasteiger partial charge in [-0.3, -0.25) is 4.79 Å². The van der Waals surface area contributed by atoms with Crippen molar-refractivity contribution in [2.45, 2.75) is 51.0 Å². The van der Waals surface area contributed by atoms with Crippen molar-refractivity contribution in [1.82, 2.24) is 15.1 Å². The zero-order valence-electron chi connectivity index (χ0n) is 19.1. The van der Waals surface area contributed by atoms with Crippen molar-refractivity contribution >= 4 is 17.6 Å². The van der Waals surface area contributed by atoms with E-state index in [0.717, 1.165) is 37.8 Å². The number of benzene rings is 2. The highest BCUT2D eigenvalue weighted by Gasteiger charge is 2.30. The lowest BCUT2D eigenvalue weighted by Gasteiger charge is -2.25. The molecule has 3 aromatic rings. The Morgan fingerprint density at radius 3 is 2.47 bits per heavy atom. The summed E-state index contributed by atoms with van der Waals surface area (Å²) in [5.74, 6) is 0.703. The van der Waals surface area contributed by atoms with Crippen LogP contribution in [-0.2, 0) is 0 Å². The first-order valence-corrected chi connectivity index (χ1v) is 11.8. The van der Waals surface area contributed by atoms with Crippen LogP contribution in [-0.4, -0.2) is 39.5 Å². The first-order valence-electron chi connectivity index (χ1n) is 11.8. The predicted octanol–water partition coefficient (Wildman–Crippen LogP) is 4.89. The summed E-state index contributed by atoms with van der Waals surface area (Å²) in [7, 11) is 0. The van der Waals surface area contributed by atoms with Crippen LogP contribution in [0.15, 0.2) is 48.5 Å². The van der Waals surface area contributed by atoms with Crippen molar-refractivity contribution in [1.29, 1.82) is 0 Å². The number of carbonyl (C=O) groups is 2. The molecular formula is C26H28N4O4. The van der Waals surface area contributed by atoms with E-state index in [0.29, 0.717) is 40.8 Å². The number of ether oxygens (including phenoxy) is 1. The molecule has 0 radical (unpaired) electrons. The van der Waals surface area contributed by atoms with E-state index >= 15 is 0 Å². The molecule has 2 aromatic carbocycles. The van der Waals surface area contributed by atoms with Gasteiger partial charge in [-0.05, 0) is 75.1 Å². The van der Waals surface area contributed by atoms with Gasteiger partial charge in [0, 0.05) is 34.8 Å². The van der Waals surface area contributed by atoms with Gasteiger partial charge in [-0.15, -0.1) is 0 Å². The Morgan fingerprint density at radius 2 is 1.85 bits per heavy atom. The normalized spacial score (nSPS) is 15.4. The van der Waals surface area contributed by atoms with Crippen LogP contribution in [0.4, 0.5) is 10.5 Å². The molecule has 2 aliphatic rings. The number of aromatic hydroxyl groups is 1. The highest BCUT2D eigenvalue weighted by molar-refractivity contribution is 6.04. The van der Waals surface area contributed by atoms with Gasteiger partial charge in [-0.1, -0.05) is 6.42 Å². The molecule has 1 heterocycles. The standard InChI is InChI=1S/C26H28N4O4/c1-2-34-20-11-6-17(7-12-20)25(32)27-19-10-13-21(24(31)14-19)22-15-23(16-4-3-5-16)30(29-22)26(33)28-18-8-9-18/h6-7,10-16,18,31H,2-5,8-9H2,1H3,(H,27,32)(H,28,33). The maximum atomic E-state index is 12.7. The lowest BCUT2D eigenvalue weighted by Crippen LogP contribution is -2.33. The van der Waals surface area contributed by atoms with Crippen molar-refractivity contribution in [3.63, 3.8) is 0 Å². The van der Waals surface area contributed by atoms with E-state index in [4.69, 9.17) is 4.74 Å². The van der Waals surface area contributed by atoms with E-state index in [-0.39, 0.29) is 23.7 Å². The summed E-state index contributed by atoms with van der Waals surface area (Å²) in [6.07, 6.45) is 5.21. The van der Waals surface area contributed by atoms with Crippen LogP contribution in [0.3, 0.4) is 0 Å². The number of rotatable bonds is 7. The summed E-state index contributed by atoms with van der Waals surface area (Å²) in [6.45, 7) is 2.46. The van der Waals surface area contributed by atoms with E-state index in [9.17, 15) is 14.7 Å². The molecule has 0 aliphatic heterocycles. The Morgan fingerprint density at radius 1 is 1.09 bits per heavy atom. The number of amides is 2. The van der Waals surface area contributed by atoms with Gasteiger partial charge in [0.05, 0.1) is 18.0 Å². The number of hydrogen-bond donors (Lipinski definition) is 3. The fraction of sp³-hybridized carbons (Fsp3) is 0.346. The first-order chi connectivity index (χ1) is 16.5. The second-order valence-corrected chi connectivity index (χ2v) is 8.86.